The Labute approximate surface area is 307 Å². The van der Waals surface area contributed by atoms with E-state index in [-0.39, 0.29) is 0 Å². The minimum Gasteiger partial charge on any atom is -0.457 e. The first-order valence-electron chi connectivity index (χ1n) is 18.1. The second-order valence-corrected chi connectivity index (χ2v) is 14.6. The summed E-state index contributed by atoms with van der Waals surface area (Å²) in [4.78, 5) is 15.2. The number of aryl methyl sites for hydroxylation is 6. The molecule has 0 amide bonds. The number of ether oxygens (including phenoxy) is 1. The second kappa shape index (κ2) is 11.5. The molecule has 0 saturated carbocycles. The van der Waals surface area contributed by atoms with E-state index in [2.05, 4.69) is 141 Å². The van der Waals surface area contributed by atoms with E-state index in [1.807, 2.05) is 24.5 Å². The number of imidazole rings is 2. The van der Waals surface area contributed by atoms with Gasteiger partial charge < -0.3 is 4.74 Å². The van der Waals surface area contributed by atoms with Crippen molar-refractivity contribution < 1.29 is 4.74 Å². The molecule has 0 radical (unpaired) electrons. The predicted octanol–water partition coefficient (Wildman–Crippen LogP) is 12.0. The quantitative estimate of drug-likeness (QED) is 0.173. The van der Waals surface area contributed by atoms with E-state index >= 15 is 0 Å². The van der Waals surface area contributed by atoms with Crippen molar-refractivity contribution >= 4 is 54.8 Å². The molecule has 0 bridgehead atoms. The molecule has 10 aromatic rings. The molecule has 0 fully saturated rings. The maximum absolute atomic E-state index is 6.71. The van der Waals surface area contributed by atoms with Crippen LogP contribution in [-0.2, 0) is 0 Å². The molecule has 6 heteroatoms. The number of nitrogens with zero attached hydrogens (tertiary/aromatic N) is 5. The number of fused-ring (bicyclic) bond motifs is 12. The molecule has 10 rings (SSSR count). The van der Waals surface area contributed by atoms with Gasteiger partial charge in [0.1, 0.15) is 22.8 Å². The maximum atomic E-state index is 6.71. The predicted molar refractivity (Wildman–Crippen MR) is 218 cm³/mol. The second-order valence-electron chi connectivity index (χ2n) is 14.6. The van der Waals surface area contributed by atoms with Crippen molar-refractivity contribution in [1.82, 2.24) is 23.8 Å². The third-order valence-corrected chi connectivity index (χ3v) is 10.8. The lowest BCUT2D eigenvalue weighted by Gasteiger charge is -2.15. The highest BCUT2D eigenvalue weighted by atomic mass is 16.5. The molecule has 0 aliphatic rings. The molecule has 0 spiro atoms. The Bertz CT molecular complexity index is 3070. The summed E-state index contributed by atoms with van der Waals surface area (Å²) in [6.07, 6.45) is 6.04. The summed E-state index contributed by atoms with van der Waals surface area (Å²) in [6, 6.07) is 34.2. The first-order chi connectivity index (χ1) is 25.7. The summed E-state index contributed by atoms with van der Waals surface area (Å²) in [5.41, 5.74) is 16.7. The monoisotopic (exact) mass is 687 g/mol. The average Bonchev–Trinajstić information content (AvgIpc) is 3.77. The third-order valence-electron chi connectivity index (χ3n) is 10.8. The van der Waals surface area contributed by atoms with Gasteiger partial charge in [-0.25, -0.2) is 9.97 Å². The van der Waals surface area contributed by atoms with Gasteiger partial charge in [-0.2, -0.15) is 0 Å². The van der Waals surface area contributed by atoms with E-state index < -0.39 is 0 Å². The number of benzene rings is 5. The summed E-state index contributed by atoms with van der Waals surface area (Å²) < 4.78 is 11.2. The van der Waals surface area contributed by atoms with Crippen LogP contribution in [0.1, 0.15) is 33.4 Å². The standard InChI is InChI=1S/C47H37N5O/c1-26-18-28(3)43(29(4)19-26)39-25-51-40-11-8-7-10-35(40)34-15-13-32(22-37(34)47(51)50-39)53-33-14-16-36-38(23-33)46-49-24-42(44-30(5)20-27(2)21-31(44)6)52(46)41-12-9-17-48-45(36)41/h7-25H,1-6H3. The first kappa shape index (κ1) is 31.2. The Morgan fingerprint density at radius 3 is 1.87 bits per heavy atom. The van der Waals surface area contributed by atoms with Crippen LogP contribution in [0.5, 0.6) is 11.5 Å². The molecule has 5 aromatic heterocycles. The Balaban J connectivity index is 1.15. The van der Waals surface area contributed by atoms with Crippen LogP contribution < -0.4 is 4.74 Å². The molecular formula is C47H37N5O. The van der Waals surface area contributed by atoms with Crippen LogP contribution in [0.4, 0.5) is 0 Å². The largest absolute Gasteiger partial charge is 0.457 e. The highest BCUT2D eigenvalue weighted by molar-refractivity contribution is 6.13. The number of para-hydroxylation sites is 1. The van der Waals surface area contributed by atoms with Gasteiger partial charge in [0.2, 0.25) is 0 Å². The van der Waals surface area contributed by atoms with Gasteiger partial charge in [0.25, 0.3) is 0 Å². The lowest BCUT2D eigenvalue weighted by Crippen LogP contribution is -1.98. The van der Waals surface area contributed by atoms with Gasteiger partial charge in [0, 0.05) is 45.1 Å². The van der Waals surface area contributed by atoms with Gasteiger partial charge in [0.15, 0.2) is 0 Å². The molecule has 0 atom stereocenters. The molecule has 0 aliphatic carbocycles. The molecule has 5 aromatic carbocycles. The topological polar surface area (TPSA) is 56.7 Å². The fourth-order valence-electron chi connectivity index (χ4n) is 8.82. The van der Waals surface area contributed by atoms with E-state index in [1.165, 1.54) is 49.9 Å². The van der Waals surface area contributed by atoms with Crippen LogP contribution in [0.15, 0.2) is 116 Å². The molecule has 53 heavy (non-hydrogen) atoms. The van der Waals surface area contributed by atoms with Gasteiger partial charge >= 0.3 is 0 Å². The smallest absolute Gasteiger partial charge is 0.146 e. The lowest BCUT2D eigenvalue weighted by atomic mass is 9.97. The molecular weight excluding hydrogens is 651 g/mol. The molecule has 0 N–H and O–H groups in total. The molecule has 0 aliphatic heterocycles. The third kappa shape index (κ3) is 4.75. The van der Waals surface area contributed by atoms with E-state index in [4.69, 9.17) is 19.7 Å². The fraction of sp³-hybridized carbons (Fsp3) is 0.128. The molecule has 5 heterocycles. The van der Waals surface area contributed by atoms with Crippen molar-refractivity contribution in [2.45, 2.75) is 41.5 Å². The first-order valence-corrected chi connectivity index (χ1v) is 18.1. The fourth-order valence-corrected chi connectivity index (χ4v) is 8.82. The van der Waals surface area contributed by atoms with Crippen molar-refractivity contribution in [3.05, 3.63) is 149 Å². The summed E-state index contributed by atoms with van der Waals surface area (Å²) in [7, 11) is 0. The Kier molecular flexibility index (Phi) is 6.77. The number of aromatic nitrogens is 5. The summed E-state index contributed by atoms with van der Waals surface area (Å²) in [6.45, 7) is 13.0. The molecule has 256 valence electrons. The highest BCUT2D eigenvalue weighted by Gasteiger charge is 2.20. The zero-order chi connectivity index (χ0) is 36.1. The highest BCUT2D eigenvalue weighted by Crippen LogP contribution is 2.39. The van der Waals surface area contributed by atoms with Gasteiger partial charge in [0.05, 0.1) is 34.1 Å². The van der Waals surface area contributed by atoms with Gasteiger partial charge in [-0.3, -0.25) is 13.8 Å². The summed E-state index contributed by atoms with van der Waals surface area (Å²) in [5, 5.41) is 5.37. The van der Waals surface area contributed by atoms with E-state index in [9.17, 15) is 0 Å². The number of rotatable bonds is 4. The summed E-state index contributed by atoms with van der Waals surface area (Å²) >= 11 is 0. The molecule has 0 saturated heterocycles. The van der Waals surface area contributed by atoms with Crippen molar-refractivity contribution in [3.63, 3.8) is 0 Å². The van der Waals surface area contributed by atoms with Gasteiger partial charge in [-0.15, -0.1) is 0 Å². The summed E-state index contributed by atoms with van der Waals surface area (Å²) in [5.74, 6) is 1.47. The van der Waals surface area contributed by atoms with Crippen molar-refractivity contribution in [2.75, 3.05) is 0 Å². The number of hydrogen-bond acceptors (Lipinski definition) is 4. The van der Waals surface area contributed by atoms with Crippen LogP contribution in [0.3, 0.4) is 0 Å². The minimum atomic E-state index is 0.730. The van der Waals surface area contributed by atoms with Gasteiger partial charge in [-0.05, 0) is 124 Å². The van der Waals surface area contributed by atoms with Crippen molar-refractivity contribution in [1.29, 1.82) is 0 Å². The number of pyridine rings is 3. The van der Waals surface area contributed by atoms with E-state index in [1.54, 1.807) is 0 Å². The van der Waals surface area contributed by atoms with Crippen LogP contribution in [-0.4, -0.2) is 23.8 Å². The number of hydrogen-bond donors (Lipinski definition) is 0. The van der Waals surface area contributed by atoms with Crippen LogP contribution in [0, 0.1) is 41.5 Å². The Hall–Kier alpha value is -6.53. The zero-order valence-electron chi connectivity index (χ0n) is 30.6. The van der Waals surface area contributed by atoms with Crippen LogP contribution in [0.25, 0.3) is 77.3 Å². The Morgan fingerprint density at radius 1 is 0.528 bits per heavy atom. The van der Waals surface area contributed by atoms with Gasteiger partial charge in [-0.1, -0.05) is 53.6 Å². The Morgan fingerprint density at radius 2 is 1.15 bits per heavy atom. The lowest BCUT2D eigenvalue weighted by molar-refractivity contribution is 0.484. The normalized spacial score (nSPS) is 12.0. The van der Waals surface area contributed by atoms with Crippen molar-refractivity contribution in [2.24, 2.45) is 0 Å². The van der Waals surface area contributed by atoms with Crippen LogP contribution in [0.2, 0.25) is 0 Å². The van der Waals surface area contributed by atoms with Crippen LogP contribution >= 0.6 is 0 Å². The maximum Gasteiger partial charge on any atom is 0.146 e. The van der Waals surface area contributed by atoms with Crippen molar-refractivity contribution in [3.8, 4) is 34.0 Å². The average molecular weight is 688 g/mol. The minimum absolute atomic E-state index is 0.730. The van der Waals surface area contributed by atoms with E-state index in [0.29, 0.717) is 0 Å². The SMILES string of the molecule is Cc1cc(C)c(-c2cn3c4ccccc4c4ccc(Oc5ccc6c(c5)c5ncc(-c7c(C)cc(C)cc7C)n5c5cccnc65)cc4c3n2)c(C)c1. The molecule has 0 unspecified atom stereocenters. The van der Waals surface area contributed by atoms with E-state index in [0.717, 1.165) is 72.3 Å². The zero-order valence-corrected chi connectivity index (χ0v) is 30.6. The molecule has 6 nitrogen and oxygen atoms in total.